The van der Waals surface area contributed by atoms with Gasteiger partial charge in [-0.05, 0) is 78.1 Å². The predicted octanol–water partition coefficient (Wildman–Crippen LogP) is 4.95. The van der Waals surface area contributed by atoms with Gasteiger partial charge in [-0.25, -0.2) is 9.18 Å². The number of ether oxygens (including phenoxy) is 2. The first-order valence-electron chi connectivity index (χ1n) is 11.5. The van der Waals surface area contributed by atoms with E-state index in [4.69, 9.17) is 9.47 Å². The van der Waals surface area contributed by atoms with E-state index in [2.05, 4.69) is 36.2 Å². The Morgan fingerprint density at radius 3 is 2.50 bits per heavy atom. The minimum Gasteiger partial charge on any atom is -0.494 e. The first kappa shape index (κ1) is 21.3. The molecule has 0 unspecified atom stereocenters. The van der Waals surface area contributed by atoms with Crippen molar-refractivity contribution < 1.29 is 18.7 Å². The highest BCUT2D eigenvalue weighted by Gasteiger charge is 2.42. The smallest absolute Gasteiger partial charge is 0.407 e. The van der Waals surface area contributed by atoms with E-state index in [0.29, 0.717) is 5.92 Å². The molecule has 32 heavy (non-hydrogen) atoms. The third kappa shape index (κ3) is 3.85. The molecule has 0 aromatic heterocycles. The molecule has 2 aromatic rings. The second-order valence-corrected chi connectivity index (χ2v) is 10.1. The van der Waals surface area contributed by atoms with Gasteiger partial charge in [0.05, 0.1) is 13.2 Å². The number of fused-ring (bicyclic) bond motifs is 4. The fourth-order valence-electron chi connectivity index (χ4n) is 5.69. The molecule has 2 bridgehead atoms. The molecule has 0 spiro atoms. The number of rotatable bonds is 4. The number of amides is 1. The van der Waals surface area contributed by atoms with Crippen molar-refractivity contribution in [3.05, 3.63) is 53.3 Å². The van der Waals surface area contributed by atoms with Gasteiger partial charge < -0.3 is 14.8 Å². The third-order valence-corrected chi connectivity index (χ3v) is 7.48. The van der Waals surface area contributed by atoms with Crippen molar-refractivity contribution in [3.63, 3.8) is 0 Å². The number of piperidine rings is 3. The van der Waals surface area contributed by atoms with Crippen LogP contribution in [0.1, 0.15) is 43.9 Å². The number of nitrogens with zero attached hydrogens (tertiary/aromatic N) is 1. The molecule has 0 radical (unpaired) electrons. The number of carbonyl (C=O) groups is 1. The quantitative estimate of drug-likeness (QED) is 0.734. The normalized spacial score (nSPS) is 27.6. The van der Waals surface area contributed by atoms with Crippen LogP contribution in [-0.2, 0) is 11.2 Å². The van der Waals surface area contributed by atoms with Gasteiger partial charge in [-0.3, -0.25) is 4.90 Å². The van der Waals surface area contributed by atoms with E-state index < -0.39 is 0 Å². The average Bonchev–Trinajstić information content (AvgIpc) is 3.03. The Balaban J connectivity index is 1.33. The molecular formula is C26H31FN2O3. The molecule has 170 valence electrons. The highest BCUT2D eigenvalue weighted by molar-refractivity contribution is 5.70. The first-order chi connectivity index (χ1) is 15.3. The van der Waals surface area contributed by atoms with E-state index in [9.17, 15) is 9.18 Å². The summed E-state index contributed by atoms with van der Waals surface area (Å²) in [6.45, 7) is 7.42. The minimum atomic E-state index is -0.374. The number of nitrogens with one attached hydrogen (secondary N) is 1. The Morgan fingerprint density at radius 2 is 1.84 bits per heavy atom. The van der Waals surface area contributed by atoms with Gasteiger partial charge >= 0.3 is 6.09 Å². The van der Waals surface area contributed by atoms with Crippen LogP contribution in [0.3, 0.4) is 0 Å². The standard InChI is InChI=1S/C26H31FN2O3/c1-26(2)14-19-12-17(18-5-7-22(31-3)21(27)13-18)4-6-20(19)24(26)28-25(30)32-23-15-29-10-8-16(23)9-11-29/h4-7,12-13,16,23-24H,8-11,14-15H2,1-3H3,(H,28,30)/t23-,24-/m0/s1. The molecule has 4 aliphatic rings. The predicted molar refractivity (Wildman–Crippen MR) is 121 cm³/mol. The van der Waals surface area contributed by atoms with Gasteiger partial charge in [0.25, 0.3) is 0 Å². The molecule has 2 aromatic carbocycles. The number of halogens is 1. The molecule has 5 nitrogen and oxygen atoms in total. The van der Waals surface area contributed by atoms with Crippen LogP contribution in [0.5, 0.6) is 5.75 Å². The molecule has 1 aliphatic carbocycles. The van der Waals surface area contributed by atoms with E-state index in [1.165, 1.54) is 18.7 Å². The van der Waals surface area contributed by atoms with Gasteiger partial charge in [-0.2, -0.15) is 0 Å². The zero-order valence-electron chi connectivity index (χ0n) is 19.0. The molecule has 3 saturated heterocycles. The number of hydrogen-bond donors (Lipinski definition) is 1. The summed E-state index contributed by atoms with van der Waals surface area (Å²) in [5.41, 5.74) is 3.91. The molecule has 3 heterocycles. The molecule has 6 rings (SSSR count). The Kier molecular flexibility index (Phi) is 5.36. The molecule has 1 N–H and O–H groups in total. The zero-order chi connectivity index (χ0) is 22.5. The third-order valence-electron chi connectivity index (χ3n) is 7.48. The monoisotopic (exact) mass is 438 g/mol. The molecule has 0 saturated carbocycles. The Bertz CT molecular complexity index is 1030. The minimum absolute atomic E-state index is 0.00571. The maximum absolute atomic E-state index is 14.2. The van der Waals surface area contributed by atoms with Crippen LogP contribution in [0, 0.1) is 17.2 Å². The summed E-state index contributed by atoms with van der Waals surface area (Å²) < 4.78 is 25.1. The number of methoxy groups -OCH3 is 1. The number of carbonyl (C=O) groups excluding carboxylic acids is 1. The summed E-state index contributed by atoms with van der Waals surface area (Å²) in [4.78, 5) is 15.2. The second kappa shape index (κ2) is 8.07. The van der Waals surface area contributed by atoms with Crippen LogP contribution >= 0.6 is 0 Å². The van der Waals surface area contributed by atoms with Crippen molar-refractivity contribution >= 4 is 6.09 Å². The van der Waals surface area contributed by atoms with Crippen molar-refractivity contribution in [1.82, 2.24) is 10.2 Å². The maximum Gasteiger partial charge on any atom is 0.407 e. The van der Waals surface area contributed by atoms with Crippen LogP contribution in [0.2, 0.25) is 0 Å². The van der Waals surface area contributed by atoms with Crippen molar-refractivity contribution in [2.45, 2.75) is 45.3 Å². The lowest BCUT2D eigenvalue weighted by Crippen LogP contribution is -2.53. The Morgan fingerprint density at radius 1 is 1.12 bits per heavy atom. The number of hydrogen-bond acceptors (Lipinski definition) is 4. The van der Waals surface area contributed by atoms with Crippen LogP contribution in [0.15, 0.2) is 36.4 Å². The summed E-state index contributed by atoms with van der Waals surface area (Å²) in [6, 6.07) is 11.1. The lowest BCUT2D eigenvalue weighted by molar-refractivity contribution is -0.0348. The zero-order valence-corrected chi connectivity index (χ0v) is 19.0. The van der Waals surface area contributed by atoms with E-state index in [1.807, 2.05) is 12.1 Å². The molecule has 1 amide bonds. The molecule has 6 heteroatoms. The topological polar surface area (TPSA) is 50.8 Å². The average molecular weight is 439 g/mol. The fraction of sp³-hybridized carbons (Fsp3) is 0.500. The Hall–Kier alpha value is -2.60. The summed E-state index contributed by atoms with van der Waals surface area (Å²) in [7, 11) is 1.46. The highest BCUT2D eigenvalue weighted by atomic mass is 19.1. The SMILES string of the molecule is COc1ccc(-c2ccc3c(c2)CC(C)(C)[C@H]3NC(=O)O[C@H]2CN3CCC2CC3)cc1F. The summed E-state index contributed by atoms with van der Waals surface area (Å²) in [5.74, 6) is 0.352. The van der Waals surface area contributed by atoms with E-state index in [0.717, 1.165) is 55.6 Å². The van der Waals surface area contributed by atoms with Gasteiger partial charge in [0.1, 0.15) is 6.10 Å². The maximum atomic E-state index is 14.2. The van der Waals surface area contributed by atoms with Crippen molar-refractivity contribution in [3.8, 4) is 16.9 Å². The van der Waals surface area contributed by atoms with Crippen LogP contribution in [-0.4, -0.2) is 43.8 Å². The van der Waals surface area contributed by atoms with Crippen molar-refractivity contribution in [1.29, 1.82) is 0 Å². The fourth-order valence-corrected chi connectivity index (χ4v) is 5.69. The summed E-state index contributed by atoms with van der Waals surface area (Å²) >= 11 is 0. The lowest BCUT2D eigenvalue weighted by Gasteiger charge is -2.44. The molecule has 3 aliphatic heterocycles. The van der Waals surface area contributed by atoms with Crippen LogP contribution in [0.25, 0.3) is 11.1 Å². The Labute approximate surface area is 188 Å². The molecule has 3 fully saturated rings. The van der Waals surface area contributed by atoms with Gasteiger partial charge in [0.2, 0.25) is 0 Å². The summed E-state index contributed by atoms with van der Waals surface area (Å²) in [5, 5.41) is 3.16. The van der Waals surface area contributed by atoms with Crippen molar-refractivity contribution in [2.24, 2.45) is 11.3 Å². The lowest BCUT2D eigenvalue weighted by atomic mass is 9.85. The van der Waals surface area contributed by atoms with Gasteiger partial charge in [0.15, 0.2) is 11.6 Å². The van der Waals surface area contributed by atoms with Gasteiger partial charge in [0, 0.05) is 6.54 Å². The highest BCUT2D eigenvalue weighted by Crippen LogP contribution is 2.46. The number of benzene rings is 2. The number of alkyl carbamates (subject to hydrolysis) is 1. The van der Waals surface area contributed by atoms with E-state index in [-0.39, 0.29) is 35.2 Å². The van der Waals surface area contributed by atoms with Crippen LogP contribution in [0.4, 0.5) is 9.18 Å². The van der Waals surface area contributed by atoms with Crippen LogP contribution < -0.4 is 10.1 Å². The van der Waals surface area contributed by atoms with E-state index >= 15 is 0 Å². The first-order valence-corrected chi connectivity index (χ1v) is 11.5. The second-order valence-electron chi connectivity index (χ2n) is 10.1. The summed E-state index contributed by atoms with van der Waals surface area (Å²) in [6.07, 6.45) is 2.74. The van der Waals surface area contributed by atoms with Gasteiger partial charge in [-0.15, -0.1) is 0 Å². The molecular weight excluding hydrogens is 407 g/mol. The largest absolute Gasteiger partial charge is 0.494 e. The molecule has 2 atom stereocenters. The van der Waals surface area contributed by atoms with Crippen molar-refractivity contribution in [2.75, 3.05) is 26.7 Å². The van der Waals surface area contributed by atoms with E-state index in [1.54, 1.807) is 6.07 Å². The van der Waals surface area contributed by atoms with Gasteiger partial charge in [-0.1, -0.05) is 38.1 Å².